The maximum Gasteiger partial charge on any atom is 1.00 e. The van der Waals surface area contributed by atoms with E-state index >= 15 is 0 Å². The zero-order valence-electron chi connectivity index (χ0n) is 15.5. The minimum absolute atomic E-state index is 0. The third-order valence-corrected chi connectivity index (χ3v) is 3.37. The summed E-state index contributed by atoms with van der Waals surface area (Å²) in [6.45, 7) is 3.02. The Kier molecular flexibility index (Phi) is 13.2. The van der Waals surface area contributed by atoms with Crippen molar-refractivity contribution in [3.05, 3.63) is 22.5 Å². The SMILES string of the molecule is CCC1C(C(=O)OCC(=O)[O-])=C(C)NC(C)=C1C(=O)OCC(=O)[O-].[Na+].[Na+]. The number of nitrogens with one attached hydrogen (secondary N) is 1. The predicted octanol–water partition coefficient (Wildman–Crippen LogP) is -8.24. The number of carboxylic acid groups (broad SMARTS) is 2. The van der Waals surface area contributed by atoms with Gasteiger partial charge in [-0.15, -0.1) is 0 Å². The van der Waals surface area contributed by atoms with E-state index in [1.807, 2.05) is 0 Å². The molecule has 0 aliphatic carbocycles. The van der Waals surface area contributed by atoms with Crippen LogP contribution in [0.1, 0.15) is 27.2 Å². The molecule has 0 fully saturated rings. The van der Waals surface area contributed by atoms with Crippen molar-refractivity contribution in [3.8, 4) is 0 Å². The van der Waals surface area contributed by atoms with E-state index in [1.165, 1.54) is 0 Å². The van der Waals surface area contributed by atoms with Gasteiger partial charge in [0.05, 0.1) is 23.1 Å². The molecule has 0 spiro atoms. The topological polar surface area (TPSA) is 145 Å². The molecule has 0 aromatic rings. The number of ether oxygens (including phenoxy) is 2. The number of hydrogen-bond donors (Lipinski definition) is 1. The number of esters is 2. The van der Waals surface area contributed by atoms with E-state index in [4.69, 9.17) is 0 Å². The molecule has 0 saturated carbocycles. The molecular weight excluding hydrogens is 368 g/mol. The monoisotopic (exact) mass is 385 g/mol. The van der Waals surface area contributed by atoms with Crippen molar-refractivity contribution >= 4 is 23.9 Å². The van der Waals surface area contributed by atoms with Crippen molar-refractivity contribution in [2.24, 2.45) is 5.92 Å². The van der Waals surface area contributed by atoms with Gasteiger partial charge < -0.3 is 34.6 Å². The Hall–Kier alpha value is -0.840. The minimum atomic E-state index is -1.56. The second-order valence-corrected chi connectivity index (χ2v) is 5.06. The number of carboxylic acids is 2. The Bertz CT molecular complexity index is 590. The van der Waals surface area contributed by atoms with Gasteiger partial charge in [0.15, 0.2) is 0 Å². The fraction of sp³-hybridized carbons (Fsp3) is 0.467. The molecule has 1 aliphatic heterocycles. The molecule has 26 heavy (non-hydrogen) atoms. The van der Waals surface area contributed by atoms with Crippen LogP contribution in [0.25, 0.3) is 0 Å². The summed E-state index contributed by atoms with van der Waals surface area (Å²) in [4.78, 5) is 45.1. The summed E-state index contributed by atoms with van der Waals surface area (Å²) >= 11 is 0. The molecule has 0 bridgehead atoms. The Labute approximate surface area is 194 Å². The zero-order valence-corrected chi connectivity index (χ0v) is 19.5. The van der Waals surface area contributed by atoms with Gasteiger partial charge in [-0.1, -0.05) is 6.92 Å². The average Bonchev–Trinajstić information content (AvgIpc) is 2.49. The van der Waals surface area contributed by atoms with E-state index in [0.29, 0.717) is 17.8 Å². The summed E-state index contributed by atoms with van der Waals surface area (Å²) < 4.78 is 9.26. The zero-order chi connectivity index (χ0) is 18.4. The maximum atomic E-state index is 12.1. The van der Waals surface area contributed by atoms with Crippen LogP contribution in [0.15, 0.2) is 22.5 Å². The molecule has 1 rings (SSSR count). The quantitative estimate of drug-likeness (QED) is 0.334. The largest absolute Gasteiger partial charge is 1.00 e. The summed E-state index contributed by atoms with van der Waals surface area (Å²) in [6.07, 6.45) is 0.307. The van der Waals surface area contributed by atoms with Crippen molar-refractivity contribution in [2.45, 2.75) is 27.2 Å². The second kappa shape index (κ2) is 12.5. The summed E-state index contributed by atoms with van der Waals surface area (Å²) in [5.74, 6) is -5.66. The van der Waals surface area contributed by atoms with Crippen LogP contribution in [-0.4, -0.2) is 37.1 Å². The van der Waals surface area contributed by atoms with Gasteiger partial charge in [0.1, 0.15) is 13.2 Å². The molecule has 9 nitrogen and oxygen atoms in total. The molecule has 0 amide bonds. The molecule has 11 heteroatoms. The first kappa shape index (κ1) is 27.4. The van der Waals surface area contributed by atoms with Gasteiger partial charge in [0.2, 0.25) is 0 Å². The molecule has 1 N–H and O–H groups in total. The predicted molar refractivity (Wildman–Crippen MR) is 74.2 cm³/mol. The molecule has 0 radical (unpaired) electrons. The van der Waals surface area contributed by atoms with Gasteiger partial charge in [0.25, 0.3) is 0 Å². The Balaban J connectivity index is 0. The van der Waals surface area contributed by atoms with Gasteiger partial charge in [-0.05, 0) is 20.3 Å². The van der Waals surface area contributed by atoms with E-state index in [9.17, 15) is 29.4 Å². The van der Waals surface area contributed by atoms with Crippen LogP contribution >= 0.6 is 0 Å². The van der Waals surface area contributed by atoms with Crippen LogP contribution in [0.2, 0.25) is 0 Å². The van der Waals surface area contributed by atoms with Crippen LogP contribution < -0.4 is 74.6 Å². The number of aliphatic carboxylic acids is 2. The molecule has 0 saturated heterocycles. The number of carbonyl (C=O) groups is 4. The van der Waals surface area contributed by atoms with Gasteiger partial charge >= 0.3 is 71.1 Å². The van der Waals surface area contributed by atoms with Crippen molar-refractivity contribution in [3.63, 3.8) is 0 Å². The summed E-state index contributed by atoms with van der Waals surface area (Å²) in [5, 5.41) is 23.7. The van der Waals surface area contributed by atoms with Crippen molar-refractivity contribution in [1.82, 2.24) is 5.32 Å². The first-order valence-electron chi connectivity index (χ1n) is 7.11. The molecule has 0 unspecified atom stereocenters. The van der Waals surface area contributed by atoms with Crippen LogP contribution in [0.5, 0.6) is 0 Å². The number of carbonyl (C=O) groups excluding carboxylic acids is 4. The van der Waals surface area contributed by atoms with E-state index < -0.39 is 43.0 Å². The Morgan fingerprint density at radius 2 is 1.23 bits per heavy atom. The van der Waals surface area contributed by atoms with Gasteiger partial charge in [0, 0.05) is 17.3 Å². The average molecular weight is 385 g/mol. The van der Waals surface area contributed by atoms with Crippen molar-refractivity contribution in [2.75, 3.05) is 13.2 Å². The molecule has 0 atom stereocenters. The number of dihydropyridines is 1. The van der Waals surface area contributed by atoms with Crippen LogP contribution in [-0.2, 0) is 28.7 Å². The fourth-order valence-electron chi connectivity index (χ4n) is 2.49. The fourth-order valence-corrected chi connectivity index (χ4v) is 2.49. The van der Waals surface area contributed by atoms with E-state index in [1.54, 1.807) is 20.8 Å². The van der Waals surface area contributed by atoms with Crippen LogP contribution in [0, 0.1) is 5.92 Å². The standard InChI is InChI=1S/C15H19NO8.2Na/c1-4-9-12(14(21)23-5-10(17)18)7(2)16-8(3)13(9)15(22)24-6-11(19)20;;/h9,16H,4-6H2,1-3H3,(H,17,18)(H,19,20);;/q;2*+1/p-2. The second-order valence-electron chi connectivity index (χ2n) is 5.06. The third kappa shape index (κ3) is 7.42. The normalized spacial score (nSPS) is 13.8. The van der Waals surface area contributed by atoms with Gasteiger partial charge in [-0.25, -0.2) is 9.59 Å². The Morgan fingerprint density at radius 1 is 0.885 bits per heavy atom. The third-order valence-electron chi connectivity index (χ3n) is 3.37. The number of allylic oxidation sites excluding steroid dienone is 2. The van der Waals surface area contributed by atoms with Crippen LogP contribution in [0.4, 0.5) is 0 Å². The number of hydrogen-bond acceptors (Lipinski definition) is 9. The molecule has 1 aliphatic rings. The van der Waals surface area contributed by atoms with Crippen LogP contribution in [0.3, 0.4) is 0 Å². The number of rotatable bonds is 7. The molecule has 0 aromatic carbocycles. The molecule has 132 valence electrons. The van der Waals surface area contributed by atoms with Crippen molar-refractivity contribution in [1.29, 1.82) is 0 Å². The first-order valence-corrected chi connectivity index (χ1v) is 7.11. The van der Waals surface area contributed by atoms with E-state index in [2.05, 4.69) is 14.8 Å². The summed E-state index contributed by atoms with van der Waals surface area (Å²) in [5.41, 5.74) is 0.952. The maximum absolute atomic E-state index is 12.1. The molecule has 1 heterocycles. The van der Waals surface area contributed by atoms with Gasteiger partial charge in [-0.3, -0.25) is 0 Å². The van der Waals surface area contributed by atoms with E-state index in [0.717, 1.165) is 0 Å². The van der Waals surface area contributed by atoms with E-state index in [-0.39, 0.29) is 70.3 Å². The van der Waals surface area contributed by atoms with Gasteiger partial charge in [-0.2, -0.15) is 0 Å². The summed E-state index contributed by atoms with van der Waals surface area (Å²) in [6, 6.07) is 0. The summed E-state index contributed by atoms with van der Waals surface area (Å²) in [7, 11) is 0. The smallest absolute Gasteiger partial charge is 0.546 e. The Morgan fingerprint density at radius 3 is 1.50 bits per heavy atom. The molecular formula is C15H17NNa2O8. The van der Waals surface area contributed by atoms with Crippen molar-refractivity contribution < 1.29 is 98.0 Å². The first-order chi connectivity index (χ1) is 11.2. The minimum Gasteiger partial charge on any atom is -0.546 e. The molecule has 0 aromatic heterocycles.